The van der Waals surface area contributed by atoms with Crippen molar-refractivity contribution in [3.63, 3.8) is 0 Å². The Morgan fingerprint density at radius 3 is 1.98 bits per heavy atom. The number of likely N-dealkylation sites (tertiary alicyclic amines) is 1. The van der Waals surface area contributed by atoms with Gasteiger partial charge in [-0.2, -0.15) is 0 Å². The first-order valence-electron chi connectivity index (χ1n) is 16.7. The highest BCUT2D eigenvalue weighted by atomic mass is 16.4. The molecule has 6 amide bonds. The number of nitrogens with two attached hydrogens (primary N) is 2. The molecule has 0 radical (unpaired) electrons. The van der Waals surface area contributed by atoms with E-state index in [1.54, 1.807) is 44.2 Å². The molecule has 0 bridgehead atoms. The van der Waals surface area contributed by atoms with Crippen LogP contribution in [-0.2, 0) is 46.4 Å². The number of phenols is 1. The molecule has 276 valence electrons. The Morgan fingerprint density at radius 1 is 0.804 bits per heavy atom. The molecule has 2 aromatic rings. The van der Waals surface area contributed by atoms with Crippen molar-refractivity contribution >= 4 is 41.4 Å². The molecule has 1 aliphatic rings. The highest BCUT2D eigenvalue weighted by Gasteiger charge is 2.37. The second-order valence-corrected chi connectivity index (χ2v) is 12.8. The molecule has 1 heterocycles. The maximum atomic E-state index is 13.9. The van der Waals surface area contributed by atoms with E-state index in [0.717, 1.165) is 0 Å². The molecule has 51 heavy (non-hydrogen) atoms. The lowest BCUT2D eigenvalue weighted by Crippen LogP contribution is -2.60. The number of primary amides is 1. The molecule has 1 saturated heterocycles. The van der Waals surface area contributed by atoms with Crippen LogP contribution in [0.3, 0.4) is 0 Å². The van der Waals surface area contributed by atoms with E-state index in [9.17, 15) is 43.8 Å². The molecule has 0 saturated carbocycles. The Kier molecular flexibility index (Phi) is 14.9. The normalized spacial score (nSPS) is 16.3. The summed E-state index contributed by atoms with van der Waals surface area (Å²) in [4.78, 5) is 91.7. The van der Waals surface area contributed by atoms with Gasteiger partial charge in [0.05, 0.1) is 6.54 Å². The number of carboxylic acid groups (broad SMARTS) is 1. The fourth-order valence-electron chi connectivity index (χ4n) is 5.73. The van der Waals surface area contributed by atoms with Gasteiger partial charge < -0.3 is 47.8 Å². The predicted octanol–water partition coefficient (Wildman–Crippen LogP) is -0.928. The van der Waals surface area contributed by atoms with Crippen LogP contribution in [0.5, 0.6) is 5.75 Å². The van der Waals surface area contributed by atoms with Gasteiger partial charge in [0.2, 0.25) is 35.4 Å². The molecular formula is C35H47N7O9. The van der Waals surface area contributed by atoms with E-state index in [4.69, 9.17) is 11.5 Å². The third kappa shape index (κ3) is 12.1. The Hall–Kier alpha value is -5.51. The Morgan fingerprint density at radius 2 is 1.39 bits per heavy atom. The highest BCUT2D eigenvalue weighted by molar-refractivity contribution is 5.96. The van der Waals surface area contributed by atoms with Gasteiger partial charge in [-0.1, -0.05) is 56.3 Å². The summed E-state index contributed by atoms with van der Waals surface area (Å²) < 4.78 is 0. The Bertz CT molecular complexity index is 1550. The van der Waals surface area contributed by atoms with Crippen LogP contribution in [0.4, 0.5) is 0 Å². The van der Waals surface area contributed by atoms with Crippen LogP contribution in [0.15, 0.2) is 54.6 Å². The SMILES string of the molecule is CC(C)C(NC(=O)C(Cc1ccc(O)cc1)NC(=O)C(CCC(N)=O)NC(=O)C1CCCN1C(=O)CN)C(=O)NC(Cc1ccccc1)C(=O)O. The molecule has 5 atom stereocenters. The van der Waals surface area contributed by atoms with Crippen molar-refractivity contribution in [3.05, 3.63) is 65.7 Å². The van der Waals surface area contributed by atoms with E-state index in [1.807, 2.05) is 0 Å². The molecule has 16 nitrogen and oxygen atoms in total. The first-order chi connectivity index (χ1) is 24.2. The lowest BCUT2D eigenvalue weighted by Gasteiger charge is -2.29. The lowest BCUT2D eigenvalue weighted by molar-refractivity contribution is -0.142. The number of aromatic hydroxyl groups is 1. The topological polar surface area (TPSA) is 263 Å². The van der Waals surface area contributed by atoms with Crippen molar-refractivity contribution in [1.29, 1.82) is 0 Å². The van der Waals surface area contributed by atoms with Gasteiger partial charge in [0.25, 0.3) is 0 Å². The van der Waals surface area contributed by atoms with Crippen LogP contribution in [0, 0.1) is 5.92 Å². The van der Waals surface area contributed by atoms with Crippen LogP contribution >= 0.6 is 0 Å². The summed E-state index contributed by atoms with van der Waals surface area (Å²) in [5.41, 5.74) is 12.0. The molecule has 10 N–H and O–H groups in total. The van der Waals surface area contributed by atoms with Crippen LogP contribution in [0.1, 0.15) is 50.7 Å². The van der Waals surface area contributed by atoms with E-state index in [0.29, 0.717) is 30.5 Å². The number of carboxylic acids is 1. The Balaban J connectivity index is 1.84. The quantitative estimate of drug-likeness (QED) is 0.0943. The predicted molar refractivity (Wildman–Crippen MR) is 184 cm³/mol. The minimum Gasteiger partial charge on any atom is -0.508 e. The molecule has 0 aromatic heterocycles. The number of nitrogens with one attached hydrogen (secondary N) is 4. The molecule has 0 spiro atoms. The van der Waals surface area contributed by atoms with Crippen molar-refractivity contribution in [2.24, 2.45) is 17.4 Å². The molecule has 1 aliphatic heterocycles. The third-order valence-electron chi connectivity index (χ3n) is 8.52. The highest BCUT2D eigenvalue weighted by Crippen LogP contribution is 2.18. The van der Waals surface area contributed by atoms with Crippen LogP contribution in [0.25, 0.3) is 0 Å². The number of aliphatic carboxylic acids is 1. The molecule has 16 heteroatoms. The number of hydrogen-bond donors (Lipinski definition) is 8. The summed E-state index contributed by atoms with van der Waals surface area (Å²) in [7, 11) is 0. The van der Waals surface area contributed by atoms with Crippen molar-refractivity contribution in [2.45, 2.75) is 82.6 Å². The fraction of sp³-hybridized carbons (Fsp3) is 0.457. The van der Waals surface area contributed by atoms with Crippen molar-refractivity contribution in [3.8, 4) is 5.75 Å². The number of rotatable bonds is 18. The number of carbonyl (C=O) groups is 7. The fourth-order valence-corrected chi connectivity index (χ4v) is 5.73. The van der Waals surface area contributed by atoms with Crippen LogP contribution in [0.2, 0.25) is 0 Å². The average Bonchev–Trinajstić information content (AvgIpc) is 3.59. The summed E-state index contributed by atoms with van der Waals surface area (Å²) in [6.45, 7) is 3.32. The third-order valence-corrected chi connectivity index (χ3v) is 8.52. The minimum absolute atomic E-state index is 0.00236. The smallest absolute Gasteiger partial charge is 0.326 e. The molecule has 1 fully saturated rings. The van der Waals surface area contributed by atoms with Gasteiger partial charge >= 0.3 is 5.97 Å². The van der Waals surface area contributed by atoms with Gasteiger partial charge in [-0.05, 0) is 48.4 Å². The van der Waals surface area contributed by atoms with E-state index in [2.05, 4.69) is 21.3 Å². The first-order valence-corrected chi connectivity index (χ1v) is 16.7. The summed E-state index contributed by atoms with van der Waals surface area (Å²) in [5, 5.41) is 29.9. The van der Waals surface area contributed by atoms with Gasteiger partial charge in [-0.15, -0.1) is 0 Å². The minimum atomic E-state index is -1.34. The van der Waals surface area contributed by atoms with Crippen molar-refractivity contribution < 1.29 is 43.8 Å². The molecular weight excluding hydrogens is 662 g/mol. The monoisotopic (exact) mass is 709 g/mol. The second-order valence-electron chi connectivity index (χ2n) is 12.8. The molecule has 3 rings (SSSR count). The van der Waals surface area contributed by atoms with Crippen molar-refractivity contribution in [2.75, 3.05) is 13.1 Å². The summed E-state index contributed by atoms with van der Waals surface area (Å²) in [5.74, 6) is -6.02. The number of benzene rings is 2. The van der Waals surface area contributed by atoms with Gasteiger partial charge in [0, 0.05) is 25.8 Å². The maximum Gasteiger partial charge on any atom is 0.326 e. The summed E-state index contributed by atoms with van der Waals surface area (Å²) in [6, 6.07) is 8.48. The van der Waals surface area contributed by atoms with Gasteiger partial charge in [-0.3, -0.25) is 28.8 Å². The number of nitrogens with zero attached hydrogens (tertiary/aromatic N) is 1. The Labute approximate surface area is 295 Å². The summed E-state index contributed by atoms with van der Waals surface area (Å²) >= 11 is 0. The largest absolute Gasteiger partial charge is 0.508 e. The van der Waals surface area contributed by atoms with Crippen LogP contribution in [-0.4, -0.2) is 99.8 Å². The standard InChI is InChI=1S/C35H47N7O9/c1-20(2)30(34(49)40-26(35(50)51)18-21-7-4-3-5-8-21)41-32(47)25(17-22-10-12-23(43)13-11-22)39-31(46)24(14-15-28(37)44)38-33(48)27-9-6-16-42(27)29(45)19-36/h3-5,7-8,10-13,20,24-27,30,43H,6,9,14-19,36H2,1-2H3,(H2,37,44)(H,38,48)(H,39,46)(H,40,49)(H,41,47)(H,50,51). The molecule has 2 aromatic carbocycles. The maximum absolute atomic E-state index is 13.9. The van der Waals surface area contributed by atoms with Gasteiger partial charge in [-0.25, -0.2) is 4.79 Å². The first kappa shape index (κ1) is 39.9. The zero-order valence-electron chi connectivity index (χ0n) is 28.7. The van der Waals surface area contributed by atoms with Gasteiger partial charge in [0.15, 0.2) is 0 Å². The van der Waals surface area contributed by atoms with E-state index in [-0.39, 0.29) is 38.0 Å². The lowest BCUT2D eigenvalue weighted by atomic mass is 9.99. The van der Waals surface area contributed by atoms with E-state index in [1.165, 1.54) is 29.2 Å². The van der Waals surface area contributed by atoms with E-state index < -0.39 is 77.5 Å². The number of amides is 6. The number of hydrogen-bond acceptors (Lipinski definition) is 9. The zero-order valence-corrected chi connectivity index (χ0v) is 28.7. The van der Waals surface area contributed by atoms with E-state index >= 15 is 0 Å². The second kappa shape index (κ2) is 19.0. The van der Waals surface area contributed by atoms with Crippen molar-refractivity contribution in [1.82, 2.24) is 26.2 Å². The van der Waals surface area contributed by atoms with Crippen LogP contribution < -0.4 is 32.7 Å². The number of phenolic OH excluding ortho intramolecular Hbond substituents is 1. The summed E-state index contributed by atoms with van der Waals surface area (Å²) in [6.07, 6.45) is 0.256. The average molecular weight is 710 g/mol. The zero-order chi connectivity index (χ0) is 37.7. The molecule has 5 unspecified atom stereocenters. The number of carbonyl (C=O) groups excluding carboxylic acids is 6. The van der Waals surface area contributed by atoms with Gasteiger partial charge in [0.1, 0.15) is 36.0 Å². The molecule has 0 aliphatic carbocycles.